The van der Waals surface area contributed by atoms with E-state index in [9.17, 15) is 56.3 Å². The van der Waals surface area contributed by atoms with Gasteiger partial charge in [-0.15, -0.1) is 0 Å². The van der Waals surface area contributed by atoms with E-state index in [2.05, 4.69) is 4.40 Å². The van der Waals surface area contributed by atoms with Gasteiger partial charge >= 0.3 is 37.2 Å². The smallest absolute Gasteiger partial charge is 0.493 e. The van der Waals surface area contributed by atoms with Gasteiger partial charge in [0.2, 0.25) is 0 Å². The van der Waals surface area contributed by atoms with Gasteiger partial charge in [-0.1, -0.05) is 0 Å². The predicted octanol–water partition coefficient (Wildman–Crippen LogP) is 5.39. The van der Waals surface area contributed by atoms with Crippen molar-refractivity contribution < 1.29 is 65.8 Å². The highest BCUT2D eigenvalue weighted by Crippen LogP contribution is 2.30. The topological polar surface area (TPSA) is 111 Å². The Labute approximate surface area is 221 Å². The van der Waals surface area contributed by atoms with Gasteiger partial charge in [-0.3, -0.25) is 0 Å². The van der Waals surface area contributed by atoms with E-state index in [1.807, 2.05) is 4.40 Å². The average Bonchev–Trinajstić information content (AvgIpc) is 2.81. The first-order valence-electron chi connectivity index (χ1n) is 10.5. The highest BCUT2D eigenvalue weighted by atomic mass is 32.2. The number of halogens is 9. The molecule has 2 rings (SSSR count). The Morgan fingerprint density at radius 2 is 1.02 bits per heavy atom. The lowest BCUT2D eigenvalue weighted by atomic mass is 10.1. The van der Waals surface area contributed by atoms with Crippen LogP contribution in [0.5, 0.6) is 11.5 Å². The highest BCUT2D eigenvalue weighted by molar-refractivity contribution is 7.91. The van der Waals surface area contributed by atoms with Crippen molar-refractivity contribution in [2.45, 2.75) is 30.5 Å². The van der Waals surface area contributed by atoms with Gasteiger partial charge in [0.05, 0.1) is 18.9 Å². The van der Waals surface area contributed by atoms with E-state index in [1.165, 1.54) is 24.3 Å². The number of hydrogen-bond donors (Lipinski definition) is 0. The molecule has 0 saturated carbocycles. The number of hydrogen-bond acceptors (Lipinski definition) is 6. The van der Waals surface area contributed by atoms with Gasteiger partial charge in [0.15, 0.2) is 5.71 Å². The maximum atomic E-state index is 13.1. The van der Waals surface area contributed by atoms with Crippen molar-refractivity contribution in [3.8, 4) is 11.5 Å². The van der Waals surface area contributed by atoms with E-state index in [-0.39, 0.29) is 36.7 Å². The number of rotatable bonds is 10. The van der Waals surface area contributed by atoms with Crippen LogP contribution in [-0.4, -0.2) is 58.7 Å². The van der Waals surface area contributed by atoms with Crippen LogP contribution >= 0.6 is 0 Å². The first-order chi connectivity index (χ1) is 18.1. The zero-order valence-corrected chi connectivity index (χ0v) is 21.4. The third-order valence-electron chi connectivity index (χ3n) is 4.55. The molecular formula is C21H17F9N2O6S2. The van der Waals surface area contributed by atoms with Gasteiger partial charge < -0.3 is 9.47 Å². The quantitative estimate of drug-likeness (QED) is 0.198. The van der Waals surface area contributed by atoms with Gasteiger partial charge in [-0.05, 0) is 61.0 Å². The molecular weight excluding hydrogens is 611 g/mol. The summed E-state index contributed by atoms with van der Waals surface area (Å²) in [6.45, 7) is 1.07. The van der Waals surface area contributed by atoms with Crippen LogP contribution in [0, 0.1) is 0 Å². The SMILES string of the molecule is CC(=NS(=O)(=O)C(F)(F)F)c1ccc(OCCCOc2ccc(C(=NS(=O)(=O)C(F)(F)F)C(F)(F)F)cc2)cc1. The molecule has 0 unspecified atom stereocenters. The van der Waals surface area contributed by atoms with Crippen molar-refractivity contribution in [2.75, 3.05) is 13.2 Å². The second-order valence-electron chi connectivity index (χ2n) is 7.56. The first-order valence-corrected chi connectivity index (χ1v) is 13.3. The van der Waals surface area contributed by atoms with E-state index < -0.39 is 54.2 Å². The lowest BCUT2D eigenvalue weighted by Gasteiger charge is -2.13. The molecule has 0 atom stereocenters. The Balaban J connectivity index is 1.94. The molecule has 0 aliphatic carbocycles. The van der Waals surface area contributed by atoms with E-state index in [0.29, 0.717) is 12.1 Å². The molecule has 19 heteroatoms. The fraction of sp³-hybridized carbons (Fsp3) is 0.333. The Bertz CT molecular complexity index is 1450. The number of sulfonamides is 2. The molecule has 0 fully saturated rings. The minimum absolute atomic E-state index is 0.00289. The molecule has 0 heterocycles. The molecule has 8 nitrogen and oxygen atoms in total. The fourth-order valence-corrected chi connectivity index (χ4v) is 3.79. The monoisotopic (exact) mass is 628 g/mol. The largest absolute Gasteiger partial charge is 0.518 e. The third-order valence-corrected chi connectivity index (χ3v) is 6.66. The molecule has 2 aromatic rings. The summed E-state index contributed by atoms with van der Waals surface area (Å²) in [4.78, 5) is 0. The summed E-state index contributed by atoms with van der Waals surface area (Å²) in [5, 5.41) is 0. The Kier molecular flexibility index (Phi) is 9.88. The van der Waals surface area contributed by atoms with Crippen molar-refractivity contribution in [3.63, 3.8) is 0 Å². The number of nitrogens with zero attached hydrogens (tertiary/aromatic N) is 2. The van der Waals surface area contributed by atoms with Crippen LogP contribution in [-0.2, 0) is 20.0 Å². The van der Waals surface area contributed by atoms with Crippen molar-refractivity contribution in [1.82, 2.24) is 0 Å². The lowest BCUT2D eigenvalue weighted by Crippen LogP contribution is -2.29. The van der Waals surface area contributed by atoms with Gasteiger partial charge in [0, 0.05) is 12.0 Å². The van der Waals surface area contributed by atoms with Crippen LogP contribution < -0.4 is 9.47 Å². The molecule has 0 radical (unpaired) electrons. The van der Waals surface area contributed by atoms with E-state index in [4.69, 9.17) is 9.47 Å². The maximum absolute atomic E-state index is 13.1. The molecule has 2 aromatic carbocycles. The summed E-state index contributed by atoms with van der Waals surface area (Å²) in [6, 6.07) is 8.50. The molecule has 0 aliphatic heterocycles. The predicted molar refractivity (Wildman–Crippen MR) is 123 cm³/mol. The van der Waals surface area contributed by atoms with Gasteiger partial charge in [0.1, 0.15) is 11.5 Å². The molecule has 0 spiro atoms. The van der Waals surface area contributed by atoms with Gasteiger partial charge in [0.25, 0.3) is 0 Å². The molecule has 0 amide bonds. The van der Waals surface area contributed by atoms with Crippen LogP contribution in [0.4, 0.5) is 39.5 Å². The molecule has 40 heavy (non-hydrogen) atoms. The van der Waals surface area contributed by atoms with Crippen molar-refractivity contribution in [3.05, 3.63) is 59.7 Å². The van der Waals surface area contributed by atoms with Crippen LogP contribution in [0.25, 0.3) is 0 Å². The average molecular weight is 628 g/mol. The number of benzene rings is 2. The first kappa shape index (κ1) is 32.9. The minimum Gasteiger partial charge on any atom is -0.493 e. The maximum Gasteiger partial charge on any atom is 0.518 e. The van der Waals surface area contributed by atoms with Gasteiger partial charge in [-0.25, -0.2) is 0 Å². The summed E-state index contributed by atoms with van der Waals surface area (Å²) in [6.07, 6.45) is -5.30. The zero-order valence-electron chi connectivity index (χ0n) is 19.8. The van der Waals surface area contributed by atoms with Gasteiger partial charge in [-0.2, -0.15) is 65.1 Å². The summed E-state index contributed by atoms with van der Waals surface area (Å²) in [5.41, 5.74) is -15.1. The zero-order chi connectivity index (χ0) is 30.6. The van der Waals surface area contributed by atoms with Crippen molar-refractivity contribution in [2.24, 2.45) is 8.80 Å². The summed E-state index contributed by atoms with van der Waals surface area (Å²) in [5.74, 6) is 0.254. The van der Waals surface area contributed by atoms with E-state index >= 15 is 0 Å². The molecule has 222 valence electrons. The summed E-state index contributed by atoms with van der Waals surface area (Å²) < 4.78 is 174. The summed E-state index contributed by atoms with van der Waals surface area (Å²) >= 11 is 0. The van der Waals surface area contributed by atoms with Crippen LogP contribution in [0.1, 0.15) is 24.5 Å². The van der Waals surface area contributed by atoms with Crippen LogP contribution in [0.15, 0.2) is 57.3 Å². The Morgan fingerprint density at radius 1 is 0.650 bits per heavy atom. The third kappa shape index (κ3) is 8.83. The molecule has 0 N–H and O–H groups in total. The summed E-state index contributed by atoms with van der Waals surface area (Å²) in [7, 11) is -12.2. The second kappa shape index (κ2) is 12.0. The van der Waals surface area contributed by atoms with Crippen LogP contribution in [0.3, 0.4) is 0 Å². The van der Waals surface area contributed by atoms with Crippen molar-refractivity contribution in [1.29, 1.82) is 0 Å². The normalized spacial score (nSPS) is 14.2. The molecule has 0 aliphatic rings. The van der Waals surface area contributed by atoms with E-state index in [0.717, 1.165) is 19.1 Å². The number of ether oxygens (including phenoxy) is 2. The van der Waals surface area contributed by atoms with E-state index in [1.54, 1.807) is 0 Å². The van der Waals surface area contributed by atoms with Crippen molar-refractivity contribution >= 4 is 31.5 Å². The Hall–Kier alpha value is -3.35. The highest BCUT2D eigenvalue weighted by Gasteiger charge is 2.49. The lowest BCUT2D eigenvalue weighted by molar-refractivity contribution is -0.0583. The van der Waals surface area contributed by atoms with Crippen LogP contribution in [0.2, 0.25) is 0 Å². The standard InChI is InChI=1S/C21H17F9N2O6S2/c1-13(31-39(33,34)20(25,26)27)14-3-7-16(8-4-14)37-11-2-12-38-17-9-5-15(6-10-17)18(19(22,23)24)32-40(35,36)21(28,29)30/h3-10H,2,11-12H2,1H3. The minimum atomic E-state index is -6.45. The number of alkyl halides is 9. The molecule has 0 bridgehead atoms. The fourth-order valence-electron chi connectivity index (χ4n) is 2.67. The Morgan fingerprint density at radius 3 is 1.40 bits per heavy atom. The molecule has 0 saturated heterocycles. The second-order valence-corrected chi connectivity index (χ2v) is 10.7. The molecule has 0 aromatic heterocycles.